The molecular formula is C14H18O3. The maximum atomic E-state index is 11.0. The third-order valence-electron chi connectivity index (χ3n) is 2.30. The Labute approximate surface area is 102 Å². The first-order valence-electron chi connectivity index (χ1n) is 5.77. The van der Waals surface area contributed by atoms with Crippen LogP contribution in [0.2, 0.25) is 0 Å². The van der Waals surface area contributed by atoms with Gasteiger partial charge in [0.15, 0.2) is 0 Å². The summed E-state index contributed by atoms with van der Waals surface area (Å²) in [6.45, 7) is 2.18. The zero-order chi connectivity index (χ0) is 12.5. The third-order valence-corrected chi connectivity index (χ3v) is 2.30. The standard InChI is InChI=1S/C14H18O3/c1-2-17-14(16)11-7-6-10-13(15)12-8-4-3-5-9-12/h3-9,13,15H,2,10-11H2,1H3/b7-6-/t13-/m0/s1. The number of ether oxygens (including phenoxy) is 1. The topological polar surface area (TPSA) is 46.5 Å². The number of hydrogen-bond acceptors (Lipinski definition) is 3. The summed E-state index contributed by atoms with van der Waals surface area (Å²) in [7, 11) is 0. The zero-order valence-electron chi connectivity index (χ0n) is 10.0. The van der Waals surface area contributed by atoms with E-state index >= 15 is 0 Å². The number of rotatable bonds is 6. The third kappa shape index (κ3) is 5.31. The average molecular weight is 234 g/mol. The predicted molar refractivity (Wildman–Crippen MR) is 66.4 cm³/mol. The molecule has 0 saturated heterocycles. The average Bonchev–Trinajstić information content (AvgIpc) is 2.36. The quantitative estimate of drug-likeness (QED) is 0.608. The summed E-state index contributed by atoms with van der Waals surface area (Å²) in [5, 5.41) is 9.82. The minimum Gasteiger partial charge on any atom is -0.466 e. The smallest absolute Gasteiger partial charge is 0.309 e. The molecule has 3 heteroatoms. The van der Waals surface area contributed by atoms with Crippen molar-refractivity contribution in [1.82, 2.24) is 0 Å². The lowest BCUT2D eigenvalue weighted by Gasteiger charge is -2.07. The number of carbonyl (C=O) groups excluding carboxylic acids is 1. The van der Waals surface area contributed by atoms with Crippen molar-refractivity contribution in [3.05, 3.63) is 48.0 Å². The minimum absolute atomic E-state index is 0.238. The minimum atomic E-state index is -0.519. The molecule has 17 heavy (non-hydrogen) atoms. The fraction of sp³-hybridized carbons (Fsp3) is 0.357. The lowest BCUT2D eigenvalue weighted by molar-refractivity contribution is -0.142. The first-order valence-corrected chi connectivity index (χ1v) is 5.77. The zero-order valence-corrected chi connectivity index (χ0v) is 10.0. The Hall–Kier alpha value is -1.61. The van der Waals surface area contributed by atoms with Crippen LogP contribution in [0.25, 0.3) is 0 Å². The van der Waals surface area contributed by atoms with Crippen molar-refractivity contribution in [3.8, 4) is 0 Å². The Balaban J connectivity index is 2.31. The number of benzene rings is 1. The molecule has 0 aliphatic carbocycles. The molecule has 0 fully saturated rings. The van der Waals surface area contributed by atoms with Gasteiger partial charge in [0, 0.05) is 0 Å². The van der Waals surface area contributed by atoms with Gasteiger partial charge in [0.25, 0.3) is 0 Å². The molecule has 1 N–H and O–H groups in total. The van der Waals surface area contributed by atoms with E-state index in [2.05, 4.69) is 0 Å². The van der Waals surface area contributed by atoms with E-state index in [1.807, 2.05) is 30.3 Å². The lowest BCUT2D eigenvalue weighted by Crippen LogP contribution is -2.01. The highest BCUT2D eigenvalue weighted by molar-refractivity contribution is 5.71. The first kappa shape index (κ1) is 13.5. The van der Waals surface area contributed by atoms with Gasteiger partial charge >= 0.3 is 5.97 Å². The Morgan fingerprint density at radius 1 is 1.35 bits per heavy atom. The molecule has 1 aromatic carbocycles. The monoisotopic (exact) mass is 234 g/mol. The summed E-state index contributed by atoms with van der Waals surface area (Å²) in [6.07, 6.45) is 3.77. The fourth-order valence-electron chi connectivity index (χ4n) is 1.44. The molecule has 1 aromatic rings. The van der Waals surface area contributed by atoms with E-state index in [0.29, 0.717) is 13.0 Å². The van der Waals surface area contributed by atoms with Gasteiger partial charge in [0.1, 0.15) is 0 Å². The van der Waals surface area contributed by atoms with Gasteiger partial charge in [-0.1, -0.05) is 42.5 Å². The van der Waals surface area contributed by atoms with Crippen LogP contribution in [0, 0.1) is 0 Å². The highest BCUT2D eigenvalue weighted by atomic mass is 16.5. The van der Waals surface area contributed by atoms with Crippen LogP contribution in [0.3, 0.4) is 0 Å². The second-order valence-corrected chi connectivity index (χ2v) is 3.64. The van der Waals surface area contributed by atoms with Crippen LogP contribution < -0.4 is 0 Å². The van der Waals surface area contributed by atoms with Crippen LogP contribution in [0.5, 0.6) is 0 Å². The van der Waals surface area contributed by atoms with E-state index < -0.39 is 6.10 Å². The maximum absolute atomic E-state index is 11.0. The van der Waals surface area contributed by atoms with Crippen LogP contribution in [0.1, 0.15) is 31.4 Å². The molecule has 0 amide bonds. The number of carbonyl (C=O) groups is 1. The highest BCUT2D eigenvalue weighted by Crippen LogP contribution is 2.16. The van der Waals surface area contributed by atoms with Crippen molar-refractivity contribution in [2.24, 2.45) is 0 Å². The molecule has 0 spiro atoms. The fourth-order valence-corrected chi connectivity index (χ4v) is 1.44. The van der Waals surface area contributed by atoms with E-state index in [1.54, 1.807) is 19.1 Å². The van der Waals surface area contributed by atoms with E-state index in [9.17, 15) is 9.90 Å². The summed E-state index contributed by atoms with van der Waals surface area (Å²) in [5.74, 6) is -0.238. The molecule has 0 aliphatic rings. The molecular weight excluding hydrogens is 216 g/mol. The van der Waals surface area contributed by atoms with Crippen LogP contribution >= 0.6 is 0 Å². The van der Waals surface area contributed by atoms with E-state index in [4.69, 9.17) is 4.74 Å². The van der Waals surface area contributed by atoms with E-state index in [1.165, 1.54) is 0 Å². The number of esters is 1. The normalized spacial score (nSPS) is 12.6. The van der Waals surface area contributed by atoms with Gasteiger partial charge in [-0.15, -0.1) is 0 Å². The summed E-state index contributed by atoms with van der Waals surface area (Å²) < 4.78 is 4.78. The van der Waals surface area contributed by atoms with Crippen LogP contribution in [0.4, 0.5) is 0 Å². The SMILES string of the molecule is CCOC(=O)C/C=C\C[C@H](O)c1ccccc1. The molecule has 1 atom stereocenters. The Bertz CT molecular complexity index is 357. The van der Waals surface area contributed by atoms with E-state index in [-0.39, 0.29) is 12.4 Å². The molecule has 0 unspecified atom stereocenters. The second kappa shape index (κ2) is 7.63. The molecule has 0 saturated carbocycles. The van der Waals surface area contributed by atoms with Gasteiger partial charge in [0.05, 0.1) is 19.1 Å². The molecule has 0 aromatic heterocycles. The summed E-state index contributed by atoms with van der Waals surface area (Å²) in [4.78, 5) is 11.0. The van der Waals surface area contributed by atoms with Crippen molar-refractivity contribution >= 4 is 5.97 Å². The molecule has 3 nitrogen and oxygen atoms in total. The summed E-state index contributed by atoms with van der Waals surface area (Å²) in [5.41, 5.74) is 0.883. The van der Waals surface area contributed by atoms with E-state index in [0.717, 1.165) is 5.56 Å². The molecule has 1 rings (SSSR count). The number of aliphatic hydroxyl groups excluding tert-OH is 1. The second-order valence-electron chi connectivity index (χ2n) is 3.64. The van der Waals surface area contributed by atoms with Crippen LogP contribution in [0.15, 0.2) is 42.5 Å². The van der Waals surface area contributed by atoms with Gasteiger partial charge < -0.3 is 9.84 Å². The van der Waals surface area contributed by atoms with Crippen molar-refractivity contribution in [2.45, 2.75) is 25.9 Å². The van der Waals surface area contributed by atoms with Crippen molar-refractivity contribution in [1.29, 1.82) is 0 Å². The van der Waals surface area contributed by atoms with Crippen molar-refractivity contribution in [3.63, 3.8) is 0 Å². The number of aliphatic hydroxyl groups is 1. The largest absolute Gasteiger partial charge is 0.466 e. The molecule has 0 heterocycles. The maximum Gasteiger partial charge on any atom is 0.309 e. The Morgan fingerprint density at radius 2 is 2.06 bits per heavy atom. The van der Waals surface area contributed by atoms with Gasteiger partial charge in [-0.2, -0.15) is 0 Å². The van der Waals surface area contributed by atoms with Gasteiger partial charge in [-0.3, -0.25) is 4.79 Å². The highest BCUT2D eigenvalue weighted by Gasteiger charge is 2.03. The molecule has 0 bridgehead atoms. The Morgan fingerprint density at radius 3 is 2.71 bits per heavy atom. The molecule has 92 valence electrons. The van der Waals surface area contributed by atoms with Crippen LogP contribution in [-0.4, -0.2) is 17.7 Å². The number of hydrogen-bond donors (Lipinski definition) is 1. The Kier molecular flexibility index (Phi) is 6.04. The summed E-state index contributed by atoms with van der Waals surface area (Å²) >= 11 is 0. The van der Waals surface area contributed by atoms with Crippen molar-refractivity contribution in [2.75, 3.05) is 6.61 Å². The van der Waals surface area contributed by atoms with Gasteiger partial charge in [-0.25, -0.2) is 0 Å². The van der Waals surface area contributed by atoms with Gasteiger partial charge in [0.2, 0.25) is 0 Å². The van der Waals surface area contributed by atoms with Gasteiger partial charge in [-0.05, 0) is 18.9 Å². The lowest BCUT2D eigenvalue weighted by atomic mass is 10.1. The summed E-state index contributed by atoms with van der Waals surface area (Å²) in [6, 6.07) is 9.45. The first-order chi connectivity index (χ1) is 8.24. The van der Waals surface area contributed by atoms with Crippen molar-refractivity contribution < 1.29 is 14.6 Å². The van der Waals surface area contributed by atoms with Crippen LogP contribution in [-0.2, 0) is 9.53 Å². The molecule has 0 aliphatic heterocycles. The molecule has 0 radical (unpaired) electrons. The predicted octanol–water partition coefficient (Wildman–Crippen LogP) is 2.62.